The Hall–Kier alpha value is -0.350. The van der Waals surface area contributed by atoms with Crippen molar-refractivity contribution in [1.82, 2.24) is 4.67 Å². The quantitative estimate of drug-likeness (QED) is 0.336. The lowest BCUT2D eigenvalue weighted by Gasteiger charge is -2.27. The molecule has 0 aliphatic heterocycles. The molecule has 0 radical (unpaired) electrons. The molecule has 0 aromatic heterocycles. The molecule has 1 aromatic rings. The van der Waals surface area contributed by atoms with Gasteiger partial charge in [-0.15, -0.1) is 0 Å². The SMILES string of the molecule is CCOP(=S)(SCCCCCc1ccccc1)N(C)C=O. The van der Waals surface area contributed by atoms with Crippen molar-refractivity contribution in [2.45, 2.75) is 32.6 Å². The highest BCUT2D eigenvalue weighted by atomic mass is 32.9. The number of rotatable bonds is 11. The molecule has 0 fully saturated rings. The van der Waals surface area contributed by atoms with Crippen LogP contribution >= 0.6 is 17.0 Å². The van der Waals surface area contributed by atoms with Crippen molar-refractivity contribution in [2.75, 3.05) is 19.4 Å². The van der Waals surface area contributed by atoms with Crippen LogP contribution in [-0.2, 0) is 27.5 Å². The number of aryl methyl sites for hydroxylation is 1. The molecule has 0 saturated heterocycles. The van der Waals surface area contributed by atoms with E-state index in [9.17, 15) is 4.79 Å². The van der Waals surface area contributed by atoms with Gasteiger partial charge in [0.25, 0.3) is 0 Å². The highest BCUT2D eigenvalue weighted by Gasteiger charge is 2.22. The van der Waals surface area contributed by atoms with Crippen molar-refractivity contribution in [3.8, 4) is 0 Å². The number of amides is 1. The van der Waals surface area contributed by atoms with E-state index in [0.717, 1.165) is 25.0 Å². The Labute approximate surface area is 137 Å². The molecule has 0 heterocycles. The fourth-order valence-corrected chi connectivity index (χ4v) is 6.70. The minimum atomic E-state index is -2.20. The van der Waals surface area contributed by atoms with Gasteiger partial charge in [0.2, 0.25) is 12.0 Å². The van der Waals surface area contributed by atoms with Gasteiger partial charge in [-0.05, 0) is 43.6 Å². The van der Waals surface area contributed by atoms with E-state index in [1.165, 1.54) is 23.1 Å². The summed E-state index contributed by atoms with van der Waals surface area (Å²) < 4.78 is 7.17. The molecule has 1 unspecified atom stereocenters. The third-order valence-electron chi connectivity index (χ3n) is 3.04. The van der Waals surface area contributed by atoms with Crippen molar-refractivity contribution in [2.24, 2.45) is 0 Å². The number of hydrogen-bond acceptors (Lipinski definition) is 4. The van der Waals surface area contributed by atoms with E-state index >= 15 is 0 Å². The molecule has 1 rings (SSSR count). The number of hydrogen-bond donors (Lipinski definition) is 0. The number of benzene rings is 1. The maximum absolute atomic E-state index is 10.9. The maximum atomic E-state index is 10.9. The Balaban J connectivity index is 2.22. The van der Waals surface area contributed by atoms with Crippen LogP contribution < -0.4 is 0 Å². The molecule has 0 saturated carbocycles. The van der Waals surface area contributed by atoms with E-state index in [-0.39, 0.29) is 0 Å². The molecular formula is C15H24NO2PS2. The fourth-order valence-electron chi connectivity index (χ4n) is 1.87. The summed E-state index contributed by atoms with van der Waals surface area (Å²) in [6.07, 6.45) is 5.37. The van der Waals surface area contributed by atoms with Gasteiger partial charge in [0.05, 0.1) is 6.61 Å². The topological polar surface area (TPSA) is 29.5 Å². The zero-order chi connectivity index (χ0) is 15.6. The fraction of sp³-hybridized carbons (Fsp3) is 0.533. The van der Waals surface area contributed by atoms with Crippen molar-refractivity contribution < 1.29 is 9.32 Å². The van der Waals surface area contributed by atoms with Gasteiger partial charge in [-0.3, -0.25) is 9.46 Å². The number of nitrogens with zero attached hydrogens (tertiary/aromatic N) is 1. The molecular weight excluding hydrogens is 321 g/mol. The van der Waals surface area contributed by atoms with Crippen molar-refractivity contribution >= 4 is 35.2 Å². The van der Waals surface area contributed by atoms with Crippen LogP contribution in [0.1, 0.15) is 31.7 Å². The Kier molecular flexibility index (Phi) is 9.25. The molecule has 1 aromatic carbocycles. The smallest absolute Gasteiger partial charge is 0.215 e. The number of carbonyl (C=O) groups is 1. The Bertz CT molecular complexity index is 456. The first-order chi connectivity index (χ1) is 10.1. The lowest BCUT2D eigenvalue weighted by molar-refractivity contribution is -0.113. The molecule has 0 bridgehead atoms. The maximum Gasteiger partial charge on any atom is 0.215 e. The van der Waals surface area contributed by atoms with Gasteiger partial charge in [-0.2, -0.15) is 0 Å². The van der Waals surface area contributed by atoms with Crippen LogP contribution in [0.15, 0.2) is 30.3 Å². The minimum Gasteiger partial charge on any atom is -0.327 e. The van der Waals surface area contributed by atoms with Crippen LogP contribution in [0.4, 0.5) is 0 Å². The highest BCUT2D eigenvalue weighted by molar-refractivity contribution is 8.68. The van der Waals surface area contributed by atoms with E-state index in [1.807, 2.05) is 13.0 Å². The van der Waals surface area contributed by atoms with Crippen LogP contribution in [0.3, 0.4) is 0 Å². The third kappa shape index (κ3) is 6.96. The molecule has 118 valence electrons. The van der Waals surface area contributed by atoms with Crippen LogP contribution in [0.2, 0.25) is 0 Å². The first kappa shape index (κ1) is 18.7. The van der Waals surface area contributed by atoms with E-state index in [2.05, 4.69) is 24.3 Å². The summed E-state index contributed by atoms with van der Waals surface area (Å²) in [5.41, 5.74) is -0.808. The average Bonchev–Trinajstić information content (AvgIpc) is 2.51. The predicted molar refractivity (Wildman–Crippen MR) is 96.2 cm³/mol. The van der Waals surface area contributed by atoms with Gasteiger partial charge in [-0.1, -0.05) is 48.1 Å². The Morgan fingerprint density at radius 1 is 1.29 bits per heavy atom. The van der Waals surface area contributed by atoms with Gasteiger partial charge < -0.3 is 4.52 Å². The Morgan fingerprint density at radius 2 is 2.00 bits per heavy atom. The second kappa shape index (κ2) is 10.4. The number of carbonyl (C=O) groups excluding carboxylic acids is 1. The first-order valence-corrected chi connectivity index (χ1v) is 11.5. The second-order valence-corrected chi connectivity index (χ2v) is 11.6. The normalized spacial score (nSPS) is 13.6. The summed E-state index contributed by atoms with van der Waals surface area (Å²) in [5, 5.41) is 0. The minimum absolute atomic E-state index is 0.552. The highest BCUT2D eigenvalue weighted by Crippen LogP contribution is 2.61. The van der Waals surface area contributed by atoms with Crippen LogP contribution in [-0.4, -0.2) is 30.5 Å². The van der Waals surface area contributed by atoms with E-state index in [0.29, 0.717) is 6.61 Å². The monoisotopic (exact) mass is 345 g/mol. The molecule has 0 N–H and O–H groups in total. The van der Waals surface area contributed by atoms with Crippen molar-refractivity contribution in [3.05, 3.63) is 35.9 Å². The summed E-state index contributed by atoms with van der Waals surface area (Å²) >= 11 is 7.15. The van der Waals surface area contributed by atoms with Crippen molar-refractivity contribution in [1.29, 1.82) is 0 Å². The molecule has 3 nitrogen and oxygen atoms in total. The summed E-state index contributed by atoms with van der Waals surface area (Å²) in [6.45, 7) is 2.47. The van der Waals surface area contributed by atoms with Gasteiger partial charge >= 0.3 is 0 Å². The van der Waals surface area contributed by atoms with Gasteiger partial charge in [0.15, 0.2) is 0 Å². The lowest BCUT2D eigenvalue weighted by atomic mass is 10.1. The molecule has 0 aliphatic rings. The van der Waals surface area contributed by atoms with Gasteiger partial charge in [0, 0.05) is 12.8 Å². The van der Waals surface area contributed by atoms with Crippen LogP contribution in [0.5, 0.6) is 0 Å². The van der Waals surface area contributed by atoms with Crippen molar-refractivity contribution in [3.63, 3.8) is 0 Å². The average molecular weight is 345 g/mol. The first-order valence-electron chi connectivity index (χ1n) is 7.24. The summed E-state index contributed by atoms with van der Waals surface area (Å²) in [4.78, 5) is 10.9. The molecule has 0 aliphatic carbocycles. The number of unbranched alkanes of at least 4 members (excludes halogenated alkanes) is 2. The van der Waals surface area contributed by atoms with Gasteiger partial charge in [-0.25, -0.2) is 0 Å². The summed E-state index contributed by atoms with van der Waals surface area (Å²) in [6, 6.07) is 10.5. The zero-order valence-corrected chi connectivity index (χ0v) is 15.3. The molecule has 21 heavy (non-hydrogen) atoms. The summed E-state index contributed by atoms with van der Waals surface area (Å²) in [5.74, 6) is 0.949. The largest absolute Gasteiger partial charge is 0.327 e. The summed E-state index contributed by atoms with van der Waals surface area (Å²) in [7, 11) is 1.71. The van der Waals surface area contributed by atoms with E-state index < -0.39 is 5.62 Å². The zero-order valence-electron chi connectivity index (χ0n) is 12.7. The molecule has 1 amide bonds. The third-order valence-corrected chi connectivity index (χ3v) is 9.94. The standard InChI is InChI=1S/C15H24NO2PS2/c1-3-18-19(20,16(2)14-17)21-13-9-5-8-12-15-10-6-4-7-11-15/h4,6-7,10-11,14H,3,5,8-9,12-13H2,1-2H3. The van der Waals surface area contributed by atoms with Gasteiger partial charge in [0.1, 0.15) is 0 Å². The van der Waals surface area contributed by atoms with E-state index in [4.69, 9.17) is 16.3 Å². The van der Waals surface area contributed by atoms with Crippen LogP contribution in [0, 0.1) is 0 Å². The Morgan fingerprint density at radius 3 is 2.62 bits per heavy atom. The second-order valence-electron chi connectivity index (χ2n) is 4.69. The predicted octanol–water partition coefficient (Wildman–Crippen LogP) is 4.48. The van der Waals surface area contributed by atoms with E-state index in [1.54, 1.807) is 18.4 Å². The molecule has 1 atom stereocenters. The molecule has 6 heteroatoms. The lowest BCUT2D eigenvalue weighted by Crippen LogP contribution is -2.12. The molecule has 0 spiro atoms. The van der Waals surface area contributed by atoms with Crippen LogP contribution in [0.25, 0.3) is 0 Å².